The van der Waals surface area contributed by atoms with Crippen LogP contribution in [0.3, 0.4) is 0 Å². The number of carbonyl (C=O) groups is 1. The van der Waals surface area contributed by atoms with Crippen LogP contribution in [-0.4, -0.2) is 52.8 Å². The van der Waals surface area contributed by atoms with Gasteiger partial charge in [-0.2, -0.15) is 0 Å². The highest BCUT2D eigenvalue weighted by molar-refractivity contribution is 5.92. The van der Waals surface area contributed by atoms with Crippen LogP contribution < -0.4 is 5.32 Å². The van der Waals surface area contributed by atoms with Crippen molar-refractivity contribution in [2.75, 3.05) is 19.6 Å². The van der Waals surface area contributed by atoms with Gasteiger partial charge in [0.1, 0.15) is 5.69 Å². The lowest BCUT2D eigenvalue weighted by molar-refractivity contribution is -0.120. The fraction of sp³-hybridized carbons (Fsp3) is 0.737. The summed E-state index contributed by atoms with van der Waals surface area (Å²) >= 11 is 0. The van der Waals surface area contributed by atoms with Gasteiger partial charge >= 0.3 is 0 Å². The number of nitrogens with zero attached hydrogens (tertiary/aromatic N) is 2. The standard InChI is InChI=1S/C19H29N3O2/c1-21-11-4-8-17(21)18(23)20-13-16-7-3-9-19(24-16)10-12-22(14-19)15-5-2-6-15/h4,8,11,15-16H,2-3,5-7,9-10,12-14H2,1H3,(H,20,23)/t16-,19-/m0/s1. The predicted molar refractivity (Wildman–Crippen MR) is 93.0 cm³/mol. The molecule has 1 aromatic heterocycles. The Labute approximate surface area is 144 Å². The molecule has 1 amide bonds. The summed E-state index contributed by atoms with van der Waals surface area (Å²) in [5.74, 6) is -0.00626. The second-order valence-corrected chi connectivity index (χ2v) is 7.83. The number of aromatic nitrogens is 1. The fourth-order valence-electron chi connectivity index (χ4n) is 4.50. The third-order valence-electron chi connectivity index (χ3n) is 6.18. The number of amides is 1. The minimum atomic E-state index is -0.00626. The molecule has 1 N–H and O–H groups in total. The van der Waals surface area contributed by atoms with Crippen molar-refractivity contribution in [2.24, 2.45) is 7.05 Å². The Morgan fingerprint density at radius 2 is 2.21 bits per heavy atom. The van der Waals surface area contributed by atoms with Crippen LogP contribution in [0.1, 0.15) is 55.4 Å². The van der Waals surface area contributed by atoms with E-state index in [0.29, 0.717) is 12.2 Å². The van der Waals surface area contributed by atoms with Crippen molar-refractivity contribution in [3.8, 4) is 0 Å². The maximum absolute atomic E-state index is 12.3. The summed E-state index contributed by atoms with van der Waals surface area (Å²) in [5.41, 5.74) is 0.756. The SMILES string of the molecule is Cn1cccc1C(=O)NC[C@@H]1CCC[C@@]2(CCN(C3CCC3)C2)O1. The predicted octanol–water partition coefficient (Wildman–Crippen LogP) is 2.32. The number of carbonyl (C=O) groups excluding carboxylic acids is 1. The number of rotatable bonds is 4. The van der Waals surface area contributed by atoms with Gasteiger partial charge < -0.3 is 14.6 Å². The van der Waals surface area contributed by atoms with Crippen LogP contribution in [0.5, 0.6) is 0 Å². The largest absolute Gasteiger partial charge is 0.369 e. The molecule has 24 heavy (non-hydrogen) atoms. The minimum absolute atomic E-state index is 0.00626. The summed E-state index contributed by atoms with van der Waals surface area (Å²) in [7, 11) is 1.90. The van der Waals surface area contributed by atoms with Gasteiger partial charge in [0, 0.05) is 38.9 Å². The van der Waals surface area contributed by atoms with Crippen LogP contribution in [0.4, 0.5) is 0 Å². The van der Waals surface area contributed by atoms with E-state index in [4.69, 9.17) is 4.74 Å². The molecular formula is C19H29N3O2. The summed E-state index contributed by atoms with van der Waals surface area (Å²) in [6, 6.07) is 4.56. The number of nitrogens with one attached hydrogen (secondary N) is 1. The molecule has 5 nitrogen and oxygen atoms in total. The summed E-state index contributed by atoms with van der Waals surface area (Å²) in [4.78, 5) is 14.9. The van der Waals surface area contributed by atoms with Gasteiger partial charge in [0.05, 0.1) is 11.7 Å². The Morgan fingerprint density at radius 3 is 2.92 bits per heavy atom. The number of aryl methyl sites for hydroxylation is 1. The molecule has 4 rings (SSSR count). The van der Waals surface area contributed by atoms with Crippen molar-refractivity contribution < 1.29 is 9.53 Å². The molecule has 3 heterocycles. The Bertz CT molecular complexity index is 595. The summed E-state index contributed by atoms with van der Waals surface area (Å²) in [6.07, 6.45) is 10.8. The van der Waals surface area contributed by atoms with Gasteiger partial charge in [-0.1, -0.05) is 6.42 Å². The van der Waals surface area contributed by atoms with Crippen LogP contribution in [0.2, 0.25) is 0 Å². The average molecular weight is 331 g/mol. The number of ether oxygens (including phenoxy) is 1. The highest BCUT2D eigenvalue weighted by Gasteiger charge is 2.45. The van der Waals surface area contributed by atoms with E-state index < -0.39 is 0 Å². The summed E-state index contributed by atoms with van der Waals surface area (Å²) in [6.45, 7) is 2.90. The number of likely N-dealkylation sites (tertiary alicyclic amines) is 1. The van der Waals surface area contributed by atoms with E-state index in [1.165, 1.54) is 38.6 Å². The van der Waals surface area contributed by atoms with Crippen LogP contribution in [0.25, 0.3) is 0 Å². The number of hydrogen-bond acceptors (Lipinski definition) is 3. The van der Waals surface area contributed by atoms with Crippen molar-refractivity contribution in [3.63, 3.8) is 0 Å². The van der Waals surface area contributed by atoms with E-state index in [-0.39, 0.29) is 17.6 Å². The van der Waals surface area contributed by atoms with Gasteiger partial charge in [0.15, 0.2) is 0 Å². The third-order valence-corrected chi connectivity index (χ3v) is 6.18. The molecule has 2 atom stereocenters. The lowest BCUT2D eigenvalue weighted by Gasteiger charge is -2.41. The van der Waals surface area contributed by atoms with Crippen LogP contribution in [0, 0.1) is 0 Å². The second kappa shape index (κ2) is 6.52. The first-order valence-corrected chi connectivity index (χ1v) is 9.47. The van der Waals surface area contributed by atoms with Gasteiger partial charge in [-0.15, -0.1) is 0 Å². The molecule has 132 valence electrons. The minimum Gasteiger partial charge on any atom is -0.369 e. The Kier molecular flexibility index (Phi) is 4.39. The van der Waals surface area contributed by atoms with Gasteiger partial charge in [-0.05, 0) is 50.7 Å². The molecule has 5 heteroatoms. The van der Waals surface area contributed by atoms with E-state index in [9.17, 15) is 4.79 Å². The lowest BCUT2D eigenvalue weighted by Crippen LogP contribution is -2.48. The zero-order valence-corrected chi connectivity index (χ0v) is 14.7. The van der Waals surface area contributed by atoms with Crippen molar-refractivity contribution >= 4 is 5.91 Å². The highest BCUT2D eigenvalue weighted by Crippen LogP contribution is 2.39. The van der Waals surface area contributed by atoms with Gasteiger partial charge in [-0.25, -0.2) is 0 Å². The molecule has 1 aliphatic carbocycles. The van der Waals surface area contributed by atoms with E-state index in [1.54, 1.807) is 0 Å². The molecule has 2 saturated heterocycles. The van der Waals surface area contributed by atoms with E-state index in [0.717, 1.165) is 25.4 Å². The van der Waals surface area contributed by atoms with E-state index in [2.05, 4.69) is 10.2 Å². The number of hydrogen-bond donors (Lipinski definition) is 1. The molecular weight excluding hydrogens is 302 g/mol. The van der Waals surface area contributed by atoms with Crippen LogP contribution in [0.15, 0.2) is 18.3 Å². The zero-order chi connectivity index (χ0) is 16.6. The smallest absolute Gasteiger partial charge is 0.267 e. The van der Waals surface area contributed by atoms with Crippen LogP contribution >= 0.6 is 0 Å². The van der Waals surface area contributed by atoms with E-state index >= 15 is 0 Å². The fourth-order valence-corrected chi connectivity index (χ4v) is 4.50. The molecule has 1 aromatic rings. The topological polar surface area (TPSA) is 46.5 Å². The van der Waals surface area contributed by atoms with Crippen molar-refractivity contribution in [3.05, 3.63) is 24.0 Å². The Hall–Kier alpha value is -1.33. The summed E-state index contributed by atoms with van der Waals surface area (Å²) < 4.78 is 8.37. The van der Waals surface area contributed by atoms with Crippen molar-refractivity contribution in [1.29, 1.82) is 0 Å². The highest BCUT2D eigenvalue weighted by atomic mass is 16.5. The first-order chi connectivity index (χ1) is 11.7. The maximum Gasteiger partial charge on any atom is 0.267 e. The summed E-state index contributed by atoms with van der Waals surface area (Å²) in [5, 5.41) is 3.06. The first-order valence-electron chi connectivity index (χ1n) is 9.47. The molecule has 0 unspecified atom stereocenters. The van der Waals surface area contributed by atoms with E-state index in [1.807, 2.05) is 29.9 Å². The van der Waals surface area contributed by atoms with Crippen molar-refractivity contribution in [1.82, 2.24) is 14.8 Å². The molecule has 2 aliphatic heterocycles. The normalized spacial score (nSPS) is 31.3. The molecule has 0 aromatic carbocycles. The molecule has 1 spiro atoms. The first kappa shape index (κ1) is 16.2. The monoisotopic (exact) mass is 331 g/mol. The Balaban J connectivity index is 1.30. The zero-order valence-electron chi connectivity index (χ0n) is 14.7. The lowest BCUT2D eigenvalue weighted by atomic mass is 9.89. The molecule has 3 aliphatic rings. The average Bonchev–Trinajstić information content (AvgIpc) is 3.11. The van der Waals surface area contributed by atoms with Gasteiger partial charge in [0.25, 0.3) is 5.91 Å². The van der Waals surface area contributed by atoms with Gasteiger partial charge in [-0.3, -0.25) is 9.69 Å². The third kappa shape index (κ3) is 3.11. The quantitative estimate of drug-likeness (QED) is 0.921. The van der Waals surface area contributed by atoms with Crippen molar-refractivity contribution in [2.45, 2.75) is 62.7 Å². The molecule has 0 radical (unpaired) electrons. The molecule has 1 saturated carbocycles. The Morgan fingerprint density at radius 1 is 1.33 bits per heavy atom. The molecule has 3 fully saturated rings. The maximum atomic E-state index is 12.3. The van der Waals surface area contributed by atoms with Crippen LogP contribution in [-0.2, 0) is 11.8 Å². The van der Waals surface area contributed by atoms with Gasteiger partial charge in [0.2, 0.25) is 0 Å². The second-order valence-electron chi connectivity index (χ2n) is 7.83. The molecule has 0 bridgehead atoms.